The first-order valence-corrected chi connectivity index (χ1v) is 38.1. The van der Waals surface area contributed by atoms with Crippen LogP contribution >= 0.6 is 51.8 Å². The molecule has 0 aromatic heterocycles. The monoisotopic (exact) mass is 1380 g/mol. The Bertz CT molecular complexity index is 3000. The normalized spacial score (nSPS) is 16.7. The van der Waals surface area contributed by atoms with Crippen molar-refractivity contribution in [3.8, 4) is 0 Å². The second kappa shape index (κ2) is 37.0. The Labute approximate surface area is 530 Å². The first-order chi connectivity index (χ1) is 41.6. The second-order valence-corrected chi connectivity index (χ2v) is 32.9. The maximum Gasteiger partial charge on any atom is 0.126 e. The number of hydrogen-bond donors (Lipinski definition) is 1. The second-order valence-electron chi connectivity index (χ2n) is 21.1. The molecule has 2 saturated heterocycles. The van der Waals surface area contributed by atoms with E-state index in [1.807, 2.05) is 58.4 Å². The van der Waals surface area contributed by atoms with Crippen molar-refractivity contribution in [2.75, 3.05) is 32.7 Å². The molecule has 16 heteroatoms. The standard InChI is InChI=1S/C32H31F4NP2.C20H26NP.C12H6F4IP.C6H15N.CH4/c1-2-3-16-37(38(29-19-25(33)17-26(34)20-29)30-21-27(35)18-28(36)22-30)39-31(23-10-6-4-7-11-23)14-15-32(39)24-12-8-5-9-13-24;1-2-3-16-21-22-19(17-10-6-4-7-11-17)14-15-20(22)18-12-8-5-9-13-18;13-7-1-8(14)4-11(3-7)18(17)12-5-9(15)2-10(16)6-12;1-4-7(5-2)6-3;/h4-13,17-22,31-32H,2-3,14-16H2,1H3;4-13,19-21H,2-3,14-16H2,1H3;1-6H;4-6H2,1-3H3;1H4/t31-,32-;19-,20-;;;/m10.../s1. The lowest BCUT2D eigenvalue weighted by atomic mass is 10.0. The summed E-state index contributed by atoms with van der Waals surface area (Å²) >= 11 is 1.94. The number of nitrogens with zero attached hydrogens (tertiary/aromatic N) is 2. The summed E-state index contributed by atoms with van der Waals surface area (Å²) in [6, 6.07) is 56.2. The maximum atomic E-state index is 14.6. The minimum absolute atomic E-state index is 0. The zero-order valence-electron chi connectivity index (χ0n) is 49.6. The van der Waals surface area contributed by atoms with Crippen LogP contribution in [0.15, 0.2) is 194 Å². The third-order valence-corrected chi connectivity index (χ3v) is 29.4. The van der Waals surface area contributed by atoms with Gasteiger partial charge in [-0.25, -0.2) is 35.1 Å². The fraction of sp³-hybridized carbons (Fsp3) is 0.324. The van der Waals surface area contributed by atoms with E-state index in [0.29, 0.717) is 39.1 Å². The molecular weight excluding hydrogens is 1300 g/mol. The van der Waals surface area contributed by atoms with Crippen molar-refractivity contribution in [2.45, 2.75) is 116 Å². The quantitative estimate of drug-likeness (QED) is 0.0355. The predicted molar refractivity (Wildman–Crippen MR) is 366 cm³/mol. The lowest BCUT2D eigenvalue weighted by Crippen LogP contribution is -2.29. The van der Waals surface area contributed by atoms with Gasteiger partial charge >= 0.3 is 0 Å². The van der Waals surface area contributed by atoms with Crippen molar-refractivity contribution in [1.29, 1.82) is 0 Å². The molecule has 0 radical (unpaired) electrons. The number of hydrogen-bond acceptors (Lipinski definition) is 3. The van der Waals surface area contributed by atoms with Crippen molar-refractivity contribution in [3.05, 3.63) is 263 Å². The van der Waals surface area contributed by atoms with Crippen LogP contribution in [0.4, 0.5) is 35.1 Å². The van der Waals surface area contributed by atoms with E-state index in [0.717, 1.165) is 56.5 Å². The number of rotatable bonds is 20. The van der Waals surface area contributed by atoms with Gasteiger partial charge in [-0.05, 0) is 184 Å². The Kier molecular flexibility index (Phi) is 30.5. The molecule has 0 spiro atoms. The van der Waals surface area contributed by atoms with Gasteiger partial charge in [0.05, 0.1) is 0 Å². The Morgan fingerprint density at radius 1 is 0.414 bits per heavy atom. The Hall–Kier alpha value is -4.47. The molecule has 0 aliphatic carbocycles. The van der Waals surface area contributed by atoms with Crippen molar-refractivity contribution >= 4 is 73.0 Å². The highest BCUT2D eigenvalue weighted by molar-refractivity contribution is 14.2. The Morgan fingerprint density at radius 2 is 0.701 bits per heavy atom. The van der Waals surface area contributed by atoms with Gasteiger partial charge in [0, 0.05) is 77.7 Å². The van der Waals surface area contributed by atoms with Crippen LogP contribution in [0.3, 0.4) is 0 Å². The molecule has 464 valence electrons. The summed E-state index contributed by atoms with van der Waals surface area (Å²) in [5, 5.41) is 5.56. The van der Waals surface area contributed by atoms with E-state index in [1.54, 1.807) is 0 Å². The van der Waals surface area contributed by atoms with Crippen molar-refractivity contribution < 1.29 is 35.1 Å². The van der Waals surface area contributed by atoms with E-state index in [9.17, 15) is 35.1 Å². The van der Waals surface area contributed by atoms with Crippen LogP contribution in [0, 0.1) is 46.5 Å². The van der Waals surface area contributed by atoms with Gasteiger partial charge in [-0.3, -0.25) is 9.53 Å². The summed E-state index contributed by atoms with van der Waals surface area (Å²) in [6.45, 7) is 16.3. The van der Waals surface area contributed by atoms with E-state index < -0.39 is 68.2 Å². The molecule has 10 rings (SSSR count). The summed E-state index contributed by atoms with van der Waals surface area (Å²) in [5.74, 6) is -5.58. The summed E-state index contributed by atoms with van der Waals surface area (Å²) < 4.78 is 113. The zero-order chi connectivity index (χ0) is 61.5. The highest BCUT2D eigenvalue weighted by Gasteiger charge is 2.44. The van der Waals surface area contributed by atoms with Crippen LogP contribution < -0.4 is 26.3 Å². The van der Waals surface area contributed by atoms with Gasteiger partial charge in [0.1, 0.15) is 46.5 Å². The molecule has 3 nitrogen and oxygen atoms in total. The van der Waals surface area contributed by atoms with Gasteiger partial charge in [-0.1, -0.05) is 176 Å². The van der Waals surface area contributed by atoms with Gasteiger partial charge in [-0.2, -0.15) is 0 Å². The molecule has 2 aliphatic heterocycles. The minimum Gasteiger partial charge on any atom is -0.304 e. The van der Waals surface area contributed by atoms with Crippen molar-refractivity contribution in [3.63, 3.8) is 0 Å². The lowest BCUT2D eigenvalue weighted by Gasteiger charge is -2.42. The number of nitrogens with one attached hydrogen (secondary N) is 1. The molecular formula is C71H82F8IN3P4. The van der Waals surface area contributed by atoms with Gasteiger partial charge < -0.3 is 4.90 Å². The highest BCUT2D eigenvalue weighted by Crippen LogP contribution is 2.76. The van der Waals surface area contributed by atoms with Crippen molar-refractivity contribution in [2.24, 2.45) is 0 Å². The fourth-order valence-corrected chi connectivity index (χ4v) is 24.6. The molecule has 2 fully saturated rings. The van der Waals surface area contributed by atoms with Crippen LogP contribution in [0.1, 0.15) is 138 Å². The SMILES string of the molecule is C.CCCCN(P(c1cc(F)cc(F)c1)c1cc(F)cc(F)c1)P1[C@@H](c2ccccc2)CC[C@@H]1c1ccccc1.CCCCNP1[C@H](c2ccccc2)CC[C@H]1c1ccccc1.CCN(CC)CC.Fc1cc(F)cc(P(I)c2cc(F)cc(F)c2)c1. The van der Waals surface area contributed by atoms with Crippen LogP contribution in [0.5, 0.6) is 0 Å². The lowest BCUT2D eigenvalue weighted by molar-refractivity contribution is 0.321. The largest absolute Gasteiger partial charge is 0.304 e. The minimum atomic E-state index is -1.63. The van der Waals surface area contributed by atoms with Gasteiger partial charge in [-0.15, -0.1) is 0 Å². The van der Waals surface area contributed by atoms with E-state index in [-0.39, 0.29) is 26.8 Å². The molecule has 0 unspecified atom stereocenters. The first kappa shape index (κ1) is 71.6. The molecule has 0 saturated carbocycles. The predicted octanol–water partition coefficient (Wildman–Crippen LogP) is 21.4. The van der Waals surface area contributed by atoms with Gasteiger partial charge in [0.2, 0.25) is 0 Å². The molecule has 2 aliphatic rings. The number of halogens is 9. The van der Waals surface area contributed by atoms with E-state index in [4.69, 9.17) is 0 Å². The van der Waals surface area contributed by atoms with Gasteiger partial charge in [0.15, 0.2) is 0 Å². The van der Waals surface area contributed by atoms with Crippen molar-refractivity contribution in [1.82, 2.24) is 14.4 Å². The topological polar surface area (TPSA) is 18.5 Å². The summed E-state index contributed by atoms with van der Waals surface area (Å²) in [4.78, 5) is 2.38. The van der Waals surface area contributed by atoms with Crippen LogP contribution in [0.25, 0.3) is 0 Å². The molecule has 0 bridgehead atoms. The zero-order valence-corrected chi connectivity index (χ0v) is 55.3. The average molecular weight is 1380 g/mol. The fourth-order valence-electron chi connectivity index (χ4n) is 11.0. The highest BCUT2D eigenvalue weighted by atomic mass is 127. The third-order valence-electron chi connectivity index (χ3n) is 15.2. The van der Waals surface area contributed by atoms with Crippen LogP contribution in [0.2, 0.25) is 0 Å². The van der Waals surface area contributed by atoms with E-state index in [1.165, 1.54) is 116 Å². The molecule has 8 aromatic carbocycles. The van der Waals surface area contributed by atoms with Gasteiger partial charge in [0.25, 0.3) is 0 Å². The number of unbranched alkanes of at least 4 members (excludes halogenated alkanes) is 2. The summed E-state index contributed by atoms with van der Waals surface area (Å²) in [7, 11) is -2.77. The van der Waals surface area contributed by atoms with Crippen LogP contribution in [-0.4, -0.2) is 42.1 Å². The number of benzene rings is 8. The Balaban J connectivity index is 0.000000212. The molecule has 87 heavy (non-hydrogen) atoms. The summed E-state index contributed by atoms with van der Waals surface area (Å²) in [5.41, 5.74) is 6.12. The third kappa shape index (κ3) is 21.0. The smallest absolute Gasteiger partial charge is 0.126 e. The molecule has 8 aromatic rings. The molecule has 4 atom stereocenters. The first-order valence-electron chi connectivity index (χ1n) is 29.7. The molecule has 1 N–H and O–H groups in total. The van der Waals surface area contributed by atoms with E-state index in [2.05, 4.69) is 134 Å². The van der Waals surface area contributed by atoms with Crippen LogP contribution in [-0.2, 0) is 0 Å². The maximum absolute atomic E-state index is 14.6. The molecule has 2 heterocycles. The summed E-state index contributed by atoms with van der Waals surface area (Å²) in [6.07, 6.45) is 8.89. The average Bonchev–Trinajstić information content (AvgIpc) is 1.85. The molecule has 0 amide bonds. The van der Waals surface area contributed by atoms with E-state index >= 15 is 0 Å². The Morgan fingerprint density at radius 3 is 0.989 bits per heavy atom.